The summed E-state index contributed by atoms with van der Waals surface area (Å²) in [6.07, 6.45) is 0. The Morgan fingerprint density at radius 2 is 2.35 bits per heavy atom. The van der Waals surface area contributed by atoms with Gasteiger partial charge in [0.1, 0.15) is 5.75 Å². The van der Waals surface area contributed by atoms with Crippen LogP contribution in [0.2, 0.25) is 0 Å². The summed E-state index contributed by atoms with van der Waals surface area (Å²) < 4.78 is 0.793. The average Bonchev–Trinajstić information content (AvgIpc) is 2.32. The lowest BCUT2D eigenvalue weighted by Gasteiger charge is -2.34. The largest absolute Gasteiger partial charge is 0.507 e. The van der Waals surface area contributed by atoms with E-state index in [-0.39, 0.29) is 17.7 Å². The summed E-state index contributed by atoms with van der Waals surface area (Å²) in [4.78, 5) is 14.1. The number of hydrogen-bond acceptors (Lipinski definition) is 3. The molecule has 1 aliphatic rings. The second-order valence-corrected chi connectivity index (χ2v) is 5.13. The van der Waals surface area contributed by atoms with Gasteiger partial charge in [-0.2, -0.15) is 0 Å². The Balaban J connectivity index is 2.26. The molecule has 92 valence electrons. The summed E-state index contributed by atoms with van der Waals surface area (Å²) in [5.74, 6) is -0.0817. The summed E-state index contributed by atoms with van der Waals surface area (Å²) in [5.41, 5.74) is 0.355. The molecule has 2 N–H and O–H groups in total. The monoisotopic (exact) mass is 298 g/mol. The lowest BCUT2D eigenvalue weighted by Crippen LogP contribution is -2.52. The maximum atomic E-state index is 12.3. The molecule has 1 aliphatic heterocycles. The molecule has 0 aromatic heterocycles. The molecule has 0 unspecified atom stereocenters. The van der Waals surface area contributed by atoms with Gasteiger partial charge < -0.3 is 15.3 Å². The maximum Gasteiger partial charge on any atom is 0.257 e. The summed E-state index contributed by atoms with van der Waals surface area (Å²) in [6, 6.07) is 5.05. The number of rotatable bonds is 1. The van der Waals surface area contributed by atoms with Crippen molar-refractivity contribution in [2.45, 2.75) is 13.0 Å². The van der Waals surface area contributed by atoms with E-state index in [4.69, 9.17) is 0 Å². The van der Waals surface area contributed by atoms with Crippen molar-refractivity contribution in [2.24, 2.45) is 0 Å². The molecular weight excluding hydrogens is 284 g/mol. The van der Waals surface area contributed by atoms with E-state index in [9.17, 15) is 9.90 Å². The van der Waals surface area contributed by atoms with Crippen LogP contribution in [0.15, 0.2) is 22.7 Å². The van der Waals surface area contributed by atoms with Crippen molar-refractivity contribution >= 4 is 21.8 Å². The number of carbonyl (C=O) groups is 1. The van der Waals surface area contributed by atoms with E-state index in [1.165, 1.54) is 6.07 Å². The quantitative estimate of drug-likeness (QED) is 0.828. The first-order chi connectivity index (χ1) is 8.09. The predicted molar refractivity (Wildman–Crippen MR) is 69.2 cm³/mol. The summed E-state index contributed by atoms with van der Waals surface area (Å²) in [7, 11) is 0. The fourth-order valence-electron chi connectivity index (χ4n) is 1.98. The molecule has 4 nitrogen and oxygen atoms in total. The lowest BCUT2D eigenvalue weighted by molar-refractivity contribution is 0.0652. The topological polar surface area (TPSA) is 52.6 Å². The SMILES string of the molecule is C[C@@H]1CNCCN1C(=O)c1cc(Br)ccc1O. The van der Waals surface area contributed by atoms with Crippen LogP contribution < -0.4 is 5.32 Å². The van der Waals surface area contributed by atoms with Gasteiger partial charge in [0.25, 0.3) is 5.91 Å². The Morgan fingerprint density at radius 1 is 1.59 bits per heavy atom. The molecule has 1 aromatic carbocycles. The number of phenolic OH excluding ortho intramolecular Hbond substituents is 1. The van der Waals surface area contributed by atoms with Gasteiger partial charge in [-0.05, 0) is 25.1 Å². The minimum Gasteiger partial charge on any atom is -0.507 e. The fourth-order valence-corrected chi connectivity index (χ4v) is 2.34. The number of piperazine rings is 1. The van der Waals surface area contributed by atoms with Crippen LogP contribution in [-0.4, -0.2) is 41.6 Å². The molecule has 0 bridgehead atoms. The van der Waals surface area contributed by atoms with Crippen molar-refractivity contribution in [1.29, 1.82) is 0 Å². The highest BCUT2D eigenvalue weighted by atomic mass is 79.9. The zero-order valence-corrected chi connectivity index (χ0v) is 11.2. The highest BCUT2D eigenvalue weighted by Crippen LogP contribution is 2.24. The van der Waals surface area contributed by atoms with Crippen molar-refractivity contribution in [3.8, 4) is 5.75 Å². The minimum absolute atomic E-state index is 0.0314. The predicted octanol–water partition coefficient (Wildman–Crippen LogP) is 1.59. The molecule has 17 heavy (non-hydrogen) atoms. The summed E-state index contributed by atoms with van der Waals surface area (Å²) in [6.45, 7) is 4.26. The normalized spacial score (nSPS) is 20.4. The van der Waals surface area contributed by atoms with Crippen LogP contribution in [-0.2, 0) is 0 Å². The van der Waals surface area contributed by atoms with Crippen LogP contribution in [0, 0.1) is 0 Å². The van der Waals surface area contributed by atoms with E-state index in [1.807, 2.05) is 6.92 Å². The van der Waals surface area contributed by atoms with Crippen LogP contribution >= 0.6 is 15.9 Å². The van der Waals surface area contributed by atoms with E-state index in [2.05, 4.69) is 21.2 Å². The molecule has 0 radical (unpaired) electrons. The van der Waals surface area contributed by atoms with Gasteiger partial charge in [0.15, 0.2) is 0 Å². The second kappa shape index (κ2) is 5.06. The van der Waals surface area contributed by atoms with Gasteiger partial charge in [-0.1, -0.05) is 15.9 Å². The third-order valence-electron chi connectivity index (χ3n) is 2.95. The Morgan fingerprint density at radius 3 is 3.06 bits per heavy atom. The third kappa shape index (κ3) is 2.61. The Labute approximate surface area is 109 Å². The number of carbonyl (C=O) groups excluding carboxylic acids is 1. The van der Waals surface area contributed by atoms with Gasteiger partial charge in [0.2, 0.25) is 0 Å². The Kier molecular flexibility index (Phi) is 3.69. The van der Waals surface area contributed by atoms with Crippen molar-refractivity contribution in [3.63, 3.8) is 0 Å². The first-order valence-corrected chi connectivity index (χ1v) is 6.39. The molecule has 1 aromatic rings. The maximum absolute atomic E-state index is 12.3. The molecule has 1 amide bonds. The molecule has 0 aliphatic carbocycles. The standard InChI is InChI=1S/C12H15BrN2O2/c1-8-7-14-4-5-15(8)12(17)10-6-9(13)2-3-11(10)16/h2-3,6,8,14,16H,4-5,7H2,1H3/t8-/m1/s1. The number of aromatic hydroxyl groups is 1. The van der Waals surface area contributed by atoms with E-state index < -0.39 is 0 Å². The molecule has 1 atom stereocenters. The van der Waals surface area contributed by atoms with Crippen molar-refractivity contribution in [1.82, 2.24) is 10.2 Å². The van der Waals surface area contributed by atoms with Gasteiger partial charge >= 0.3 is 0 Å². The van der Waals surface area contributed by atoms with Crippen LogP contribution in [0.25, 0.3) is 0 Å². The average molecular weight is 299 g/mol. The highest BCUT2D eigenvalue weighted by molar-refractivity contribution is 9.10. The number of benzene rings is 1. The smallest absolute Gasteiger partial charge is 0.257 e. The number of halogens is 1. The highest BCUT2D eigenvalue weighted by Gasteiger charge is 2.25. The molecule has 1 saturated heterocycles. The molecular formula is C12H15BrN2O2. The zero-order chi connectivity index (χ0) is 12.4. The fraction of sp³-hybridized carbons (Fsp3) is 0.417. The van der Waals surface area contributed by atoms with Crippen molar-refractivity contribution in [3.05, 3.63) is 28.2 Å². The van der Waals surface area contributed by atoms with E-state index in [1.54, 1.807) is 17.0 Å². The Bertz CT molecular complexity index is 437. The van der Waals surface area contributed by atoms with E-state index >= 15 is 0 Å². The molecule has 1 fully saturated rings. The van der Waals surface area contributed by atoms with Crippen LogP contribution in [0.4, 0.5) is 0 Å². The minimum atomic E-state index is -0.113. The van der Waals surface area contributed by atoms with Gasteiger partial charge in [-0.15, -0.1) is 0 Å². The third-order valence-corrected chi connectivity index (χ3v) is 3.44. The lowest BCUT2D eigenvalue weighted by atomic mass is 10.1. The van der Waals surface area contributed by atoms with Crippen molar-refractivity contribution in [2.75, 3.05) is 19.6 Å². The number of amides is 1. The van der Waals surface area contributed by atoms with Crippen LogP contribution in [0.1, 0.15) is 17.3 Å². The van der Waals surface area contributed by atoms with Crippen LogP contribution in [0.3, 0.4) is 0 Å². The summed E-state index contributed by atoms with van der Waals surface area (Å²) in [5, 5.41) is 13.0. The van der Waals surface area contributed by atoms with Gasteiger partial charge in [-0.25, -0.2) is 0 Å². The van der Waals surface area contributed by atoms with Crippen molar-refractivity contribution < 1.29 is 9.90 Å². The number of phenols is 1. The molecule has 1 heterocycles. The second-order valence-electron chi connectivity index (χ2n) is 4.21. The van der Waals surface area contributed by atoms with Crippen LogP contribution in [0.5, 0.6) is 5.75 Å². The molecule has 0 saturated carbocycles. The number of hydrogen-bond donors (Lipinski definition) is 2. The van der Waals surface area contributed by atoms with Gasteiger partial charge in [0, 0.05) is 30.1 Å². The number of nitrogens with one attached hydrogen (secondary N) is 1. The Hall–Kier alpha value is -1.07. The molecule has 0 spiro atoms. The van der Waals surface area contributed by atoms with E-state index in [0.29, 0.717) is 12.1 Å². The van der Waals surface area contributed by atoms with E-state index in [0.717, 1.165) is 17.6 Å². The van der Waals surface area contributed by atoms with Gasteiger partial charge in [0.05, 0.1) is 5.56 Å². The first kappa shape index (κ1) is 12.4. The van der Waals surface area contributed by atoms with Gasteiger partial charge in [-0.3, -0.25) is 4.79 Å². The first-order valence-electron chi connectivity index (χ1n) is 5.60. The molecule has 2 rings (SSSR count). The molecule has 5 heteroatoms. The zero-order valence-electron chi connectivity index (χ0n) is 9.61. The summed E-state index contributed by atoms with van der Waals surface area (Å²) >= 11 is 3.31. The number of nitrogens with zero attached hydrogens (tertiary/aromatic N) is 1.